The van der Waals surface area contributed by atoms with Crippen LogP contribution < -0.4 is 26.8 Å². The Bertz CT molecular complexity index is 1060. The van der Waals surface area contributed by atoms with Gasteiger partial charge in [0.2, 0.25) is 0 Å². The van der Waals surface area contributed by atoms with Crippen molar-refractivity contribution in [1.29, 1.82) is 0 Å². The Labute approximate surface area is 158 Å². The molecule has 7 nitrogen and oxygen atoms in total. The zero-order valence-electron chi connectivity index (χ0n) is 14.8. The highest BCUT2D eigenvalue weighted by molar-refractivity contribution is 5.94. The number of carbonyl (C=O) groups excluding carboxylic acids is 1. The largest absolute Gasteiger partial charge is 0.360 e. The molecule has 0 fully saturated rings. The van der Waals surface area contributed by atoms with Crippen LogP contribution in [0.1, 0.15) is 23.7 Å². The van der Waals surface area contributed by atoms with Crippen molar-refractivity contribution in [3.63, 3.8) is 0 Å². The van der Waals surface area contributed by atoms with E-state index in [1.165, 1.54) is 6.20 Å². The predicted molar refractivity (Wildman–Crippen MR) is 100 cm³/mol. The van der Waals surface area contributed by atoms with E-state index in [1.807, 2.05) is 0 Å². The minimum absolute atomic E-state index is 0.0198. The van der Waals surface area contributed by atoms with E-state index in [0.29, 0.717) is 18.2 Å². The number of nitrogens with one attached hydrogen (secondary N) is 3. The Morgan fingerprint density at radius 1 is 1.11 bits per heavy atom. The summed E-state index contributed by atoms with van der Waals surface area (Å²) in [4.78, 5) is 39.9. The third kappa shape index (κ3) is 4.03. The topological polar surface area (TPSA) is 100 Å². The molecule has 0 saturated heterocycles. The molecule has 144 valence electrons. The van der Waals surface area contributed by atoms with Crippen molar-refractivity contribution < 1.29 is 13.6 Å². The van der Waals surface area contributed by atoms with E-state index in [4.69, 9.17) is 0 Å². The molecule has 3 aromatic rings. The molecule has 0 spiro atoms. The molecule has 0 radical (unpaired) electrons. The summed E-state index contributed by atoms with van der Waals surface area (Å²) in [6.07, 6.45) is 2.65. The zero-order valence-corrected chi connectivity index (χ0v) is 14.8. The Morgan fingerprint density at radius 2 is 1.79 bits per heavy atom. The van der Waals surface area contributed by atoms with Crippen LogP contribution in [0.5, 0.6) is 0 Å². The first-order chi connectivity index (χ1) is 13.4. The monoisotopic (exact) mass is 386 g/mol. The smallest absolute Gasteiger partial charge is 0.253 e. The second-order valence-corrected chi connectivity index (χ2v) is 6.01. The van der Waals surface area contributed by atoms with E-state index in [1.54, 1.807) is 25.3 Å². The summed E-state index contributed by atoms with van der Waals surface area (Å²) >= 11 is 0. The van der Waals surface area contributed by atoms with E-state index in [-0.39, 0.29) is 16.9 Å². The maximum atomic E-state index is 13.3. The van der Waals surface area contributed by atoms with Gasteiger partial charge in [0, 0.05) is 17.8 Å². The van der Waals surface area contributed by atoms with E-state index in [9.17, 15) is 23.2 Å². The van der Waals surface area contributed by atoms with E-state index in [0.717, 1.165) is 12.1 Å². The molecule has 3 rings (SSSR count). The van der Waals surface area contributed by atoms with Gasteiger partial charge in [-0.05, 0) is 30.7 Å². The number of anilines is 3. The van der Waals surface area contributed by atoms with Crippen LogP contribution in [0, 0.1) is 11.6 Å². The highest BCUT2D eigenvalue weighted by Gasteiger charge is 2.24. The van der Waals surface area contributed by atoms with Crippen LogP contribution in [-0.2, 0) is 0 Å². The van der Waals surface area contributed by atoms with Crippen molar-refractivity contribution in [1.82, 2.24) is 10.3 Å². The molecule has 1 amide bonds. The van der Waals surface area contributed by atoms with Gasteiger partial charge in [-0.3, -0.25) is 19.4 Å². The predicted octanol–water partition coefficient (Wildman–Crippen LogP) is 2.28. The van der Waals surface area contributed by atoms with E-state index < -0.39 is 34.6 Å². The lowest BCUT2D eigenvalue weighted by Crippen LogP contribution is -2.45. The molecule has 1 unspecified atom stereocenters. The standard InChI is InChI=1S/C19H16F2N4O3/c1-2-14(25-19(28)10-6-11(20)8-12(21)7-10)24-16-15(17(26)18(16)27)23-13-4-3-5-22-9-13/h3-9,14,23-24H,2H2,1H3,(H,25,28). The van der Waals surface area contributed by atoms with Gasteiger partial charge in [-0.2, -0.15) is 0 Å². The molecule has 1 heterocycles. The summed E-state index contributed by atoms with van der Waals surface area (Å²) in [5.74, 6) is -2.48. The van der Waals surface area contributed by atoms with Gasteiger partial charge in [-0.25, -0.2) is 8.78 Å². The van der Waals surface area contributed by atoms with Gasteiger partial charge >= 0.3 is 0 Å². The Hall–Kier alpha value is -3.62. The maximum Gasteiger partial charge on any atom is 0.253 e. The molecule has 9 heteroatoms. The lowest BCUT2D eigenvalue weighted by atomic mass is 10.1. The Balaban J connectivity index is 1.75. The fraction of sp³-hybridized carbons (Fsp3) is 0.158. The summed E-state index contributed by atoms with van der Waals surface area (Å²) in [7, 11) is 0. The molecular weight excluding hydrogens is 370 g/mol. The van der Waals surface area contributed by atoms with E-state index >= 15 is 0 Å². The van der Waals surface area contributed by atoms with Crippen LogP contribution in [0.4, 0.5) is 25.8 Å². The number of nitrogens with zero attached hydrogens (tertiary/aromatic N) is 1. The van der Waals surface area contributed by atoms with Crippen LogP contribution in [0.15, 0.2) is 52.3 Å². The number of benzene rings is 1. The second-order valence-electron chi connectivity index (χ2n) is 6.01. The summed E-state index contributed by atoms with van der Waals surface area (Å²) in [5.41, 5.74) is -1.02. The molecule has 0 aliphatic heterocycles. The average Bonchev–Trinajstić information content (AvgIpc) is 2.69. The molecule has 3 N–H and O–H groups in total. The van der Waals surface area contributed by atoms with Gasteiger partial charge in [-0.1, -0.05) is 6.92 Å². The van der Waals surface area contributed by atoms with Crippen LogP contribution >= 0.6 is 0 Å². The number of aromatic nitrogens is 1. The quantitative estimate of drug-likeness (QED) is 0.426. The van der Waals surface area contributed by atoms with Gasteiger partial charge < -0.3 is 16.0 Å². The van der Waals surface area contributed by atoms with Crippen molar-refractivity contribution in [3.8, 4) is 0 Å². The normalized spacial score (nSPS) is 11.8. The summed E-state index contributed by atoms with van der Waals surface area (Å²) in [6.45, 7) is 1.73. The third-order valence-corrected chi connectivity index (χ3v) is 4.00. The SMILES string of the molecule is CCC(NC(=O)c1cc(F)cc(F)c1)Nc1c(Nc2cccnc2)c(=O)c1=O. The van der Waals surface area contributed by atoms with Crippen molar-refractivity contribution in [2.45, 2.75) is 19.5 Å². The molecule has 0 bridgehead atoms. The van der Waals surface area contributed by atoms with Crippen molar-refractivity contribution in [2.24, 2.45) is 0 Å². The number of hydrogen-bond acceptors (Lipinski definition) is 6. The minimum Gasteiger partial charge on any atom is -0.360 e. The van der Waals surface area contributed by atoms with Crippen LogP contribution in [0.2, 0.25) is 0 Å². The summed E-state index contributed by atoms with van der Waals surface area (Å²) in [5, 5.41) is 8.14. The highest BCUT2D eigenvalue weighted by Crippen LogP contribution is 2.20. The van der Waals surface area contributed by atoms with Crippen molar-refractivity contribution >= 4 is 23.0 Å². The number of pyridine rings is 1. The second kappa shape index (κ2) is 7.95. The summed E-state index contributed by atoms with van der Waals surface area (Å²) < 4.78 is 26.6. The lowest BCUT2D eigenvalue weighted by Gasteiger charge is -2.22. The zero-order chi connectivity index (χ0) is 20.3. The van der Waals surface area contributed by atoms with Crippen LogP contribution in [-0.4, -0.2) is 17.1 Å². The number of amides is 1. The molecular formula is C19H16F2N4O3. The molecule has 1 atom stereocenters. The molecule has 0 saturated carbocycles. The highest BCUT2D eigenvalue weighted by atomic mass is 19.1. The Morgan fingerprint density at radius 3 is 2.39 bits per heavy atom. The fourth-order valence-electron chi connectivity index (χ4n) is 2.57. The number of halogens is 2. The van der Waals surface area contributed by atoms with Gasteiger partial charge in [-0.15, -0.1) is 0 Å². The number of hydrogen-bond donors (Lipinski definition) is 3. The van der Waals surface area contributed by atoms with Gasteiger partial charge in [0.1, 0.15) is 23.0 Å². The first kappa shape index (κ1) is 19.2. The number of rotatable bonds is 7. The molecule has 1 aromatic heterocycles. The first-order valence-corrected chi connectivity index (χ1v) is 8.43. The minimum atomic E-state index is -0.878. The average molecular weight is 386 g/mol. The van der Waals surface area contributed by atoms with Gasteiger partial charge in [0.05, 0.1) is 18.1 Å². The van der Waals surface area contributed by atoms with Crippen molar-refractivity contribution in [2.75, 3.05) is 10.6 Å². The Kier molecular flexibility index (Phi) is 5.44. The van der Waals surface area contributed by atoms with Gasteiger partial charge in [0.25, 0.3) is 16.8 Å². The lowest BCUT2D eigenvalue weighted by molar-refractivity contribution is 0.0939. The molecule has 0 aliphatic carbocycles. The van der Waals surface area contributed by atoms with Crippen LogP contribution in [0.3, 0.4) is 0 Å². The number of carbonyl (C=O) groups is 1. The summed E-state index contributed by atoms with van der Waals surface area (Å²) in [6, 6.07) is 5.79. The fourth-order valence-corrected chi connectivity index (χ4v) is 2.57. The maximum absolute atomic E-state index is 13.3. The third-order valence-electron chi connectivity index (χ3n) is 4.00. The van der Waals surface area contributed by atoms with Gasteiger partial charge in [0.15, 0.2) is 0 Å². The van der Waals surface area contributed by atoms with E-state index in [2.05, 4.69) is 20.9 Å². The van der Waals surface area contributed by atoms with Crippen molar-refractivity contribution in [3.05, 3.63) is 80.4 Å². The van der Waals surface area contributed by atoms with Crippen LogP contribution in [0.25, 0.3) is 0 Å². The first-order valence-electron chi connectivity index (χ1n) is 8.43. The molecule has 0 aliphatic rings. The molecule has 2 aromatic carbocycles. The molecule has 28 heavy (non-hydrogen) atoms.